The second kappa shape index (κ2) is 5.21. The summed E-state index contributed by atoms with van der Waals surface area (Å²) in [6, 6.07) is 9.22. The minimum Gasteiger partial charge on any atom is -0.310 e. The molecule has 0 atom stereocenters. The molecule has 0 unspecified atom stereocenters. The Labute approximate surface area is 99.7 Å². The van der Waals surface area contributed by atoms with Crippen molar-refractivity contribution in [3.05, 3.63) is 54.0 Å². The van der Waals surface area contributed by atoms with E-state index in [2.05, 4.69) is 15.3 Å². The molecule has 0 radical (unpaired) electrons. The molecule has 17 heavy (non-hydrogen) atoms. The molecule has 2 rings (SSSR count). The van der Waals surface area contributed by atoms with E-state index in [9.17, 15) is 4.79 Å². The number of amides is 1. The Kier molecular flexibility index (Phi) is 3.45. The quantitative estimate of drug-likeness (QED) is 0.872. The van der Waals surface area contributed by atoms with E-state index in [1.807, 2.05) is 37.3 Å². The molecular weight excluding hydrogens is 214 g/mol. The summed E-state index contributed by atoms with van der Waals surface area (Å²) in [5, 5.41) is 2.74. The Hall–Kier alpha value is -2.23. The van der Waals surface area contributed by atoms with E-state index in [0.29, 0.717) is 5.82 Å². The predicted octanol–water partition coefficient (Wildman–Crippen LogP) is 1.97. The van der Waals surface area contributed by atoms with Gasteiger partial charge in [-0.05, 0) is 36.8 Å². The molecule has 4 heteroatoms. The molecule has 86 valence electrons. The van der Waals surface area contributed by atoms with Crippen LogP contribution in [0.4, 0.5) is 5.82 Å². The van der Waals surface area contributed by atoms with Gasteiger partial charge in [0.15, 0.2) is 0 Å². The van der Waals surface area contributed by atoms with E-state index in [-0.39, 0.29) is 12.3 Å². The first-order valence-electron chi connectivity index (χ1n) is 5.36. The second-order valence-electron chi connectivity index (χ2n) is 3.76. The van der Waals surface area contributed by atoms with Crippen LogP contribution in [0.15, 0.2) is 42.7 Å². The van der Waals surface area contributed by atoms with Gasteiger partial charge in [0.2, 0.25) is 5.91 Å². The van der Waals surface area contributed by atoms with Crippen LogP contribution in [0, 0.1) is 6.92 Å². The number of aromatic nitrogens is 2. The van der Waals surface area contributed by atoms with Gasteiger partial charge in [0.1, 0.15) is 5.82 Å². The van der Waals surface area contributed by atoms with Crippen LogP contribution in [0.3, 0.4) is 0 Å². The Balaban J connectivity index is 1.98. The van der Waals surface area contributed by atoms with Gasteiger partial charge in [0, 0.05) is 18.1 Å². The van der Waals surface area contributed by atoms with E-state index in [1.54, 1.807) is 12.4 Å². The number of hydrogen-bond donors (Lipinski definition) is 1. The standard InChI is InChI=1S/C13H13N3O/c1-10-5-7-15-12(8-10)16-13(17)9-11-4-2-3-6-14-11/h2-8H,9H2,1H3,(H,15,16,17). The molecule has 0 aliphatic carbocycles. The molecule has 0 saturated heterocycles. The number of nitrogens with one attached hydrogen (secondary N) is 1. The van der Waals surface area contributed by atoms with Gasteiger partial charge in [-0.3, -0.25) is 9.78 Å². The number of rotatable bonds is 3. The number of hydrogen-bond acceptors (Lipinski definition) is 3. The lowest BCUT2D eigenvalue weighted by Crippen LogP contribution is -2.15. The second-order valence-corrected chi connectivity index (χ2v) is 3.76. The molecule has 0 aromatic carbocycles. The van der Waals surface area contributed by atoms with Gasteiger partial charge in [-0.15, -0.1) is 0 Å². The van der Waals surface area contributed by atoms with Gasteiger partial charge < -0.3 is 5.32 Å². The molecule has 0 spiro atoms. The van der Waals surface area contributed by atoms with Crippen molar-refractivity contribution < 1.29 is 4.79 Å². The Morgan fingerprint density at radius 2 is 2.12 bits per heavy atom. The average Bonchev–Trinajstić information content (AvgIpc) is 2.30. The van der Waals surface area contributed by atoms with Crippen LogP contribution in [-0.4, -0.2) is 15.9 Å². The van der Waals surface area contributed by atoms with Crippen LogP contribution in [0.25, 0.3) is 0 Å². The highest BCUT2D eigenvalue weighted by Gasteiger charge is 2.05. The van der Waals surface area contributed by atoms with Crippen molar-refractivity contribution in [3.63, 3.8) is 0 Å². The topological polar surface area (TPSA) is 54.9 Å². The molecule has 0 aliphatic rings. The largest absolute Gasteiger partial charge is 0.310 e. The predicted molar refractivity (Wildman–Crippen MR) is 65.5 cm³/mol. The molecule has 2 heterocycles. The van der Waals surface area contributed by atoms with E-state index < -0.39 is 0 Å². The summed E-state index contributed by atoms with van der Waals surface area (Å²) in [5.74, 6) is 0.465. The number of anilines is 1. The zero-order valence-corrected chi connectivity index (χ0v) is 9.55. The summed E-state index contributed by atoms with van der Waals surface area (Å²) < 4.78 is 0. The maximum atomic E-state index is 11.7. The van der Waals surface area contributed by atoms with Crippen molar-refractivity contribution in [2.45, 2.75) is 13.3 Å². The monoisotopic (exact) mass is 227 g/mol. The lowest BCUT2D eigenvalue weighted by atomic mass is 10.2. The smallest absolute Gasteiger partial charge is 0.231 e. The molecule has 0 aliphatic heterocycles. The average molecular weight is 227 g/mol. The van der Waals surface area contributed by atoms with Crippen LogP contribution in [-0.2, 0) is 11.2 Å². The molecule has 1 N–H and O–H groups in total. The maximum Gasteiger partial charge on any atom is 0.231 e. The van der Waals surface area contributed by atoms with Crippen LogP contribution < -0.4 is 5.32 Å². The highest BCUT2D eigenvalue weighted by Crippen LogP contribution is 2.06. The molecule has 1 amide bonds. The summed E-state index contributed by atoms with van der Waals surface area (Å²) in [6.45, 7) is 1.95. The fourth-order valence-corrected chi connectivity index (χ4v) is 1.46. The molecule has 4 nitrogen and oxygen atoms in total. The molecule has 0 fully saturated rings. The minimum absolute atomic E-state index is 0.109. The van der Waals surface area contributed by atoms with Gasteiger partial charge in [-0.25, -0.2) is 4.98 Å². The third-order valence-electron chi connectivity index (χ3n) is 2.25. The Morgan fingerprint density at radius 3 is 2.82 bits per heavy atom. The zero-order valence-electron chi connectivity index (χ0n) is 9.55. The van der Waals surface area contributed by atoms with Crippen LogP contribution in [0.5, 0.6) is 0 Å². The van der Waals surface area contributed by atoms with Gasteiger partial charge in [-0.1, -0.05) is 6.07 Å². The first kappa shape index (κ1) is 11.3. The lowest BCUT2D eigenvalue weighted by molar-refractivity contribution is -0.115. The molecule has 2 aromatic heterocycles. The minimum atomic E-state index is -0.109. The first-order valence-corrected chi connectivity index (χ1v) is 5.36. The van der Waals surface area contributed by atoms with Gasteiger partial charge in [0.25, 0.3) is 0 Å². The number of carbonyl (C=O) groups excluding carboxylic acids is 1. The summed E-state index contributed by atoms with van der Waals surface area (Å²) in [6.07, 6.45) is 3.61. The summed E-state index contributed by atoms with van der Waals surface area (Å²) in [5.41, 5.74) is 1.81. The van der Waals surface area contributed by atoms with Crippen LogP contribution >= 0.6 is 0 Å². The summed E-state index contributed by atoms with van der Waals surface area (Å²) in [4.78, 5) is 19.9. The van der Waals surface area contributed by atoms with E-state index in [1.165, 1.54) is 0 Å². The molecule has 0 saturated carbocycles. The van der Waals surface area contributed by atoms with E-state index in [0.717, 1.165) is 11.3 Å². The van der Waals surface area contributed by atoms with Gasteiger partial charge in [0.05, 0.1) is 6.42 Å². The summed E-state index contributed by atoms with van der Waals surface area (Å²) >= 11 is 0. The lowest BCUT2D eigenvalue weighted by Gasteiger charge is -2.04. The van der Waals surface area contributed by atoms with Crippen molar-refractivity contribution in [3.8, 4) is 0 Å². The van der Waals surface area contributed by atoms with Gasteiger partial charge in [-0.2, -0.15) is 0 Å². The van der Waals surface area contributed by atoms with Crippen molar-refractivity contribution in [1.82, 2.24) is 9.97 Å². The maximum absolute atomic E-state index is 11.7. The highest BCUT2D eigenvalue weighted by molar-refractivity contribution is 5.91. The number of aryl methyl sites for hydroxylation is 1. The Morgan fingerprint density at radius 1 is 1.24 bits per heavy atom. The van der Waals surface area contributed by atoms with E-state index >= 15 is 0 Å². The van der Waals surface area contributed by atoms with Crippen LogP contribution in [0.1, 0.15) is 11.3 Å². The van der Waals surface area contributed by atoms with Crippen molar-refractivity contribution >= 4 is 11.7 Å². The zero-order chi connectivity index (χ0) is 12.1. The number of carbonyl (C=O) groups is 1. The van der Waals surface area contributed by atoms with Crippen LogP contribution in [0.2, 0.25) is 0 Å². The fraction of sp³-hybridized carbons (Fsp3) is 0.154. The van der Waals surface area contributed by atoms with Gasteiger partial charge >= 0.3 is 0 Å². The number of pyridine rings is 2. The third kappa shape index (κ3) is 3.38. The third-order valence-corrected chi connectivity index (χ3v) is 2.25. The molecule has 2 aromatic rings. The Bertz CT molecular complexity index is 511. The van der Waals surface area contributed by atoms with Crippen molar-refractivity contribution in [2.75, 3.05) is 5.32 Å². The van der Waals surface area contributed by atoms with Crippen molar-refractivity contribution in [1.29, 1.82) is 0 Å². The summed E-state index contributed by atoms with van der Waals surface area (Å²) in [7, 11) is 0. The molecular formula is C13H13N3O. The van der Waals surface area contributed by atoms with E-state index in [4.69, 9.17) is 0 Å². The number of nitrogens with zero attached hydrogens (tertiary/aromatic N) is 2. The van der Waals surface area contributed by atoms with Crippen molar-refractivity contribution in [2.24, 2.45) is 0 Å². The first-order chi connectivity index (χ1) is 8.24. The highest BCUT2D eigenvalue weighted by atomic mass is 16.1. The SMILES string of the molecule is Cc1ccnc(NC(=O)Cc2ccccn2)c1. The normalized spacial score (nSPS) is 9.94. The fourth-order valence-electron chi connectivity index (χ4n) is 1.46. The molecule has 0 bridgehead atoms.